The van der Waals surface area contributed by atoms with Gasteiger partial charge in [0.05, 0.1) is 17.9 Å². The molecule has 0 atom stereocenters. The van der Waals surface area contributed by atoms with Crippen LogP contribution in [0.5, 0.6) is 17.4 Å². The van der Waals surface area contributed by atoms with Crippen LogP contribution in [0.1, 0.15) is 22.8 Å². The highest BCUT2D eigenvalue weighted by Gasteiger charge is 2.29. The SMILES string of the molecule is CCOc1ccc(C(=O)c2c(O)c(O)n(-c3ccccc3)c2-c2ccccc2)cc1. The number of para-hydroxylation sites is 1. The quantitative estimate of drug-likeness (QED) is 0.438. The Morgan fingerprint density at radius 1 is 0.867 bits per heavy atom. The standard InChI is InChI=1S/C25H21NO4/c1-2-30-20-15-13-18(14-16-20)23(27)21-22(17-9-5-3-6-10-17)26(25(29)24(21)28)19-11-7-4-8-12-19/h3-16,28-29H,2H2,1H3. The highest BCUT2D eigenvalue weighted by Crippen LogP contribution is 2.43. The van der Waals surface area contributed by atoms with Crippen molar-refractivity contribution in [2.75, 3.05) is 6.61 Å². The fourth-order valence-corrected chi connectivity index (χ4v) is 3.47. The second-order valence-electron chi connectivity index (χ2n) is 6.72. The number of carbonyl (C=O) groups excluding carboxylic acids is 1. The Labute approximate surface area is 174 Å². The molecule has 0 bridgehead atoms. The highest BCUT2D eigenvalue weighted by atomic mass is 16.5. The van der Waals surface area contributed by atoms with E-state index in [2.05, 4.69) is 0 Å². The number of nitrogens with zero attached hydrogens (tertiary/aromatic N) is 1. The van der Waals surface area contributed by atoms with Gasteiger partial charge in [0, 0.05) is 11.3 Å². The monoisotopic (exact) mass is 399 g/mol. The number of ketones is 1. The number of benzene rings is 3. The van der Waals surface area contributed by atoms with Crippen molar-refractivity contribution in [3.8, 4) is 34.3 Å². The maximum atomic E-state index is 13.4. The van der Waals surface area contributed by atoms with Crippen LogP contribution in [0, 0.1) is 0 Å². The maximum absolute atomic E-state index is 13.4. The van der Waals surface area contributed by atoms with E-state index in [1.807, 2.05) is 55.5 Å². The molecule has 2 N–H and O–H groups in total. The zero-order chi connectivity index (χ0) is 21.1. The summed E-state index contributed by atoms with van der Waals surface area (Å²) >= 11 is 0. The third-order valence-electron chi connectivity index (χ3n) is 4.84. The Kier molecular flexibility index (Phi) is 5.26. The number of aromatic hydroxyl groups is 2. The summed E-state index contributed by atoms with van der Waals surface area (Å²) in [5, 5.41) is 21.5. The predicted octanol–water partition coefficient (Wildman–Crippen LogP) is 5.19. The van der Waals surface area contributed by atoms with Crippen molar-refractivity contribution in [2.45, 2.75) is 6.92 Å². The van der Waals surface area contributed by atoms with Gasteiger partial charge in [0.25, 0.3) is 0 Å². The summed E-state index contributed by atoms with van der Waals surface area (Å²) in [5.74, 6) is -0.559. The van der Waals surface area contributed by atoms with E-state index in [-0.39, 0.29) is 17.2 Å². The number of ether oxygens (including phenoxy) is 1. The molecular weight excluding hydrogens is 378 g/mol. The van der Waals surface area contributed by atoms with Gasteiger partial charge in [-0.2, -0.15) is 0 Å². The van der Waals surface area contributed by atoms with Crippen molar-refractivity contribution in [2.24, 2.45) is 0 Å². The van der Waals surface area contributed by atoms with E-state index in [1.165, 1.54) is 4.57 Å². The Morgan fingerprint density at radius 3 is 2.07 bits per heavy atom. The maximum Gasteiger partial charge on any atom is 0.240 e. The molecule has 150 valence electrons. The number of hydrogen-bond acceptors (Lipinski definition) is 4. The van der Waals surface area contributed by atoms with Crippen LogP contribution in [-0.4, -0.2) is 27.2 Å². The molecule has 1 aromatic heterocycles. The smallest absolute Gasteiger partial charge is 0.240 e. The largest absolute Gasteiger partial charge is 0.503 e. The molecule has 0 saturated heterocycles. The van der Waals surface area contributed by atoms with Crippen molar-refractivity contribution in [3.05, 3.63) is 96.1 Å². The van der Waals surface area contributed by atoms with Gasteiger partial charge in [0.15, 0.2) is 11.5 Å². The molecule has 0 unspecified atom stereocenters. The number of carbonyl (C=O) groups is 1. The van der Waals surface area contributed by atoms with Crippen molar-refractivity contribution >= 4 is 5.78 Å². The van der Waals surface area contributed by atoms with Crippen LogP contribution < -0.4 is 4.74 Å². The van der Waals surface area contributed by atoms with E-state index < -0.39 is 5.75 Å². The zero-order valence-electron chi connectivity index (χ0n) is 16.4. The van der Waals surface area contributed by atoms with E-state index >= 15 is 0 Å². The second kappa shape index (κ2) is 8.17. The molecule has 4 rings (SSSR count). The molecule has 0 amide bonds. The highest BCUT2D eigenvalue weighted by molar-refractivity contribution is 6.15. The minimum Gasteiger partial charge on any atom is -0.503 e. The van der Waals surface area contributed by atoms with E-state index in [9.17, 15) is 15.0 Å². The van der Waals surface area contributed by atoms with E-state index in [4.69, 9.17) is 4.74 Å². The number of aromatic nitrogens is 1. The van der Waals surface area contributed by atoms with Crippen molar-refractivity contribution < 1.29 is 19.7 Å². The van der Waals surface area contributed by atoms with Gasteiger partial charge in [-0.05, 0) is 48.9 Å². The minimum absolute atomic E-state index is 0.0479. The van der Waals surface area contributed by atoms with Gasteiger partial charge in [-0.3, -0.25) is 9.36 Å². The average Bonchev–Trinajstić information content (AvgIpc) is 3.06. The van der Waals surface area contributed by atoms with Crippen LogP contribution in [0.2, 0.25) is 0 Å². The molecule has 0 aliphatic heterocycles. The molecular formula is C25H21NO4. The first-order valence-electron chi connectivity index (χ1n) is 9.66. The van der Waals surface area contributed by atoms with Gasteiger partial charge in [0.1, 0.15) is 5.75 Å². The van der Waals surface area contributed by atoms with Crippen LogP contribution in [0.4, 0.5) is 0 Å². The molecule has 30 heavy (non-hydrogen) atoms. The molecule has 4 aromatic rings. The molecule has 0 aliphatic rings. The van der Waals surface area contributed by atoms with Crippen LogP contribution in [0.15, 0.2) is 84.9 Å². The van der Waals surface area contributed by atoms with E-state index in [0.717, 1.165) is 0 Å². The van der Waals surface area contributed by atoms with Gasteiger partial charge in [-0.25, -0.2) is 0 Å². The lowest BCUT2D eigenvalue weighted by atomic mass is 9.99. The molecule has 1 heterocycles. The summed E-state index contributed by atoms with van der Waals surface area (Å²) in [4.78, 5) is 13.4. The van der Waals surface area contributed by atoms with Gasteiger partial charge in [-0.1, -0.05) is 48.5 Å². The van der Waals surface area contributed by atoms with Crippen molar-refractivity contribution in [1.82, 2.24) is 4.57 Å². The summed E-state index contributed by atoms with van der Waals surface area (Å²) in [7, 11) is 0. The molecule has 0 radical (unpaired) electrons. The van der Waals surface area contributed by atoms with Gasteiger partial charge in [-0.15, -0.1) is 0 Å². The van der Waals surface area contributed by atoms with Crippen molar-refractivity contribution in [1.29, 1.82) is 0 Å². The van der Waals surface area contributed by atoms with Crippen molar-refractivity contribution in [3.63, 3.8) is 0 Å². The molecule has 0 fully saturated rings. The van der Waals surface area contributed by atoms with Gasteiger partial charge in [0.2, 0.25) is 5.88 Å². The zero-order valence-corrected chi connectivity index (χ0v) is 16.4. The lowest BCUT2D eigenvalue weighted by molar-refractivity contribution is 0.103. The summed E-state index contributed by atoms with van der Waals surface area (Å²) < 4.78 is 6.93. The molecule has 0 spiro atoms. The van der Waals surface area contributed by atoms with Crippen LogP contribution in [-0.2, 0) is 0 Å². The summed E-state index contributed by atoms with van der Waals surface area (Å²) in [6, 6.07) is 25.1. The summed E-state index contributed by atoms with van der Waals surface area (Å²) in [6.45, 7) is 2.42. The predicted molar refractivity (Wildman–Crippen MR) is 116 cm³/mol. The summed E-state index contributed by atoms with van der Waals surface area (Å²) in [5.41, 5.74) is 2.19. The third-order valence-corrected chi connectivity index (χ3v) is 4.84. The average molecular weight is 399 g/mol. The topological polar surface area (TPSA) is 71.7 Å². The number of hydrogen-bond donors (Lipinski definition) is 2. The van der Waals surface area contributed by atoms with E-state index in [0.29, 0.717) is 34.9 Å². The fraction of sp³-hybridized carbons (Fsp3) is 0.0800. The Hall–Kier alpha value is -3.99. The first kappa shape index (κ1) is 19.3. The molecule has 0 aliphatic carbocycles. The lowest BCUT2D eigenvalue weighted by Crippen LogP contribution is -2.05. The van der Waals surface area contributed by atoms with Crippen LogP contribution in [0.25, 0.3) is 16.9 Å². The first-order chi connectivity index (χ1) is 14.6. The normalized spacial score (nSPS) is 10.7. The third kappa shape index (κ3) is 3.42. The van der Waals surface area contributed by atoms with E-state index in [1.54, 1.807) is 36.4 Å². The second-order valence-corrected chi connectivity index (χ2v) is 6.72. The fourth-order valence-electron chi connectivity index (χ4n) is 3.47. The van der Waals surface area contributed by atoms with Crippen LogP contribution in [0.3, 0.4) is 0 Å². The number of rotatable bonds is 6. The Morgan fingerprint density at radius 2 is 1.47 bits per heavy atom. The Bertz CT molecular complexity index is 1160. The molecule has 5 heteroatoms. The lowest BCUT2D eigenvalue weighted by Gasteiger charge is -2.12. The Balaban J connectivity index is 1.92. The molecule has 5 nitrogen and oxygen atoms in total. The first-order valence-corrected chi connectivity index (χ1v) is 9.66. The van der Waals surface area contributed by atoms with Crippen LogP contribution >= 0.6 is 0 Å². The summed E-state index contributed by atoms with van der Waals surface area (Å²) in [6.07, 6.45) is 0. The minimum atomic E-state index is -0.448. The molecule has 0 saturated carbocycles. The van der Waals surface area contributed by atoms with Gasteiger partial charge < -0.3 is 14.9 Å². The van der Waals surface area contributed by atoms with Gasteiger partial charge >= 0.3 is 0 Å². The molecule has 3 aromatic carbocycles.